The molecular weight excluding hydrogens is 478 g/mol. The van der Waals surface area contributed by atoms with Crippen LogP contribution in [0.2, 0.25) is 0 Å². The second-order valence-corrected chi connectivity index (χ2v) is 10.7. The van der Waals surface area contributed by atoms with E-state index in [-0.39, 0.29) is 17.9 Å². The van der Waals surface area contributed by atoms with Gasteiger partial charge in [-0.15, -0.1) is 0 Å². The first-order valence-electron chi connectivity index (χ1n) is 14.1. The van der Waals surface area contributed by atoms with Crippen LogP contribution in [0.25, 0.3) is 22.3 Å². The molecule has 2 atom stereocenters. The van der Waals surface area contributed by atoms with Crippen molar-refractivity contribution in [3.8, 4) is 28.0 Å². The molecule has 3 aromatic carbocycles. The third-order valence-corrected chi connectivity index (χ3v) is 8.37. The summed E-state index contributed by atoms with van der Waals surface area (Å²) in [4.78, 5) is 0. The van der Waals surface area contributed by atoms with Gasteiger partial charge in [0.05, 0.1) is 19.3 Å². The van der Waals surface area contributed by atoms with Crippen LogP contribution in [0.1, 0.15) is 63.9 Å². The van der Waals surface area contributed by atoms with Crippen molar-refractivity contribution in [1.29, 1.82) is 0 Å². The number of rotatable bonds is 7. The van der Waals surface area contributed by atoms with Gasteiger partial charge >= 0.3 is 0 Å². The highest BCUT2D eigenvalue weighted by Crippen LogP contribution is 2.40. The highest BCUT2D eigenvalue weighted by Gasteiger charge is 2.31. The van der Waals surface area contributed by atoms with Crippen LogP contribution >= 0.6 is 0 Å². The molecule has 0 radical (unpaired) electrons. The minimum atomic E-state index is -0.942. The minimum absolute atomic E-state index is 0.0560. The van der Waals surface area contributed by atoms with Crippen molar-refractivity contribution in [3.63, 3.8) is 0 Å². The fraction of sp³-hybridized carbons (Fsp3) is 0.412. The Kier molecular flexibility index (Phi) is 8.58. The molecule has 2 aliphatic rings. The van der Waals surface area contributed by atoms with E-state index >= 15 is 0 Å². The molecule has 200 valence electrons. The van der Waals surface area contributed by atoms with E-state index in [0.29, 0.717) is 29.4 Å². The predicted molar refractivity (Wildman–Crippen MR) is 150 cm³/mol. The Morgan fingerprint density at radius 1 is 0.789 bits per heavy atom. The van der Waals surface area contributed by atoms with Crippen molar-refractivity contribution in [2.45, 2.75) is 64.4 Å². The molecule has 1 saturated carbocycles. The van der Waals surface area contributed by atoms with E-state index in [1.54, 1.807) is 13.0 Å². The van der Waals surface area contributed by atoms with E-state index in [4.69, 9.17) is 9.47 Å². The second-order valence-electron chi connectivity index (χ2n) is 10.7. The molecule has 0 spiro atoms. The number of allylic oxidation sites excluding steroid dienone is 1. The van der Waals surface area contributed by atoms with Crippen molar-refractivity contribution < 1.29 is 18.3 Å². The number of benzene rings is 3. The molecule has 0 amide bonds. The zero-order chi connectivity index (χ0) is 26.5. The summed E-state index contributed by atoms with van der Waals surface area (Å²) < 4.78 is 40.4. The number of hydrogen-bond acceptors (Lipinski definition) is 2. The van der Waals surface area contributed by atoms with E-state index in [1.165, 1.54) is 50.2 Å². The molecule has 1 heterocycles. The number of ether oxygens (including phenoxy) is 2. The second kappa shape index (κ2) is 12.3. The summed E-state index contributed by atoms with van der Waals surface area (Å²) in [6.07, 6.45) is 12.3. The lowest BCUT2D eigenvalue weighted by Crippen LogP contribution is -2.33. The van der Waals surface area contributed by atoms with Crippen LogP contribution in [0.4, 0.5) is 8.78 Å². The standard InChI is InChI=1S/C34H38F2O2/c1-3-5-23-6-20-31(38-22-23)29-17-13-27(14-18-29)25-9-7-24(8-10-25)26-11-15-28(16-12-26)30-19-21-32(37-4-2)34(36)33(30)35/h3,5,7-12,15-16,19,21,23,27,29,31H,4,6,13-14,17-18,20,22H2,1-2H3. The van der Waals surface area contributed by atoms with E-state index in [1.807, 2.05) is 24.3 Å². The van der Waals surface area contributed by atoms with Gasteiger partial charge in [-0.3, -0.25) is 0 Å². The molecule has 1 aliphatic heterocycles. The summed E-state index contributed by atoms with van der Waals surface area (Å²) in [5, 5.41) is 0. The minimum Gasteiger partial charge on any atom is -0.491 e. The van der Waals surface area contributed by atoms with Crippen LogP contribution in [0.15, 0.2) is 72.8 Å². The van der Waals surface area contributed by atoms with Crippen LogP contribution in [-0.2, 0) is 4.74 Å². The Bertz CT molecular complexity index is 1220. The topological polar surface area (TPSA) is 18.5 Å². The number of halogens is 2. The molecule has 3 aromatic rings. The molecule has 0 bridgehead atoms. The van der Waals surface area contributed by atoms with Gasteiger partial charge in [0.15, 0.2) is 11.6 Å². The zero-order valence-corrected chi connectivity index (χ0v) is 22.5. The Morgan fingerprint density at radius 3 is 2.05 bits per heavy atom. The Hall–Kier alpha value is -2.98. The van der Waals surface area contributed by atoms with Crippen LogP contribution < -0.4 is 4.74 Å². The molecule has 5 rings (SSSR count). The van der Waals surface area contributed by atoms with Crippen molar-refractivity contribution in [2.75, 3.05) is 13.2 Å². The first-order chi connectivity index (χ1) is 18.6. The van der Waals surface area contributed by atoms with Crippen molar-refractivity contribution in [1.82, 2.24) is 0 Å². The lowest BCUT2D eigenvalue weighted by molar-refractivity contribution is -0.0470. The smallest absolute Gasteiger partial charge is 0.201 e. The lowest BCUT2D eigenvalue weighted by Gasteiger charge is -2.37. The summed E-state index contributed by atoms with van der Waals surface area (Å²) in [7, 11) is 0. The van der Waals surface area contributed by atoms with Gasteiger partial charge in [0, 0.05) is 11.5 Å². The Balaban J connectivity index is 1.19. The quantitative estimate of drug-likeness (QED) is 0.291. The molecule has 2 nitrogen and oxygen atoms in total. The Labute approximate surface area is 225 Å². The molecule has 0 aromatic heterocycles. The summed E-state index contributed by atoms with van der Waals surface area (Å²) >= 11 is 0. The molecular formula is C34H38F2O2. The summed E-state index contributed by atoms with van der Waals surface area (Å²) in [5.41, 5.74) is 4.47. The first-order valence-corrected chi connectivity index (χ1v) is 14.1. The highest BCUT2D eigenvalue weighted by molar-refractivity contribution is 5.71. The van der Waals surface area contributed by atoms with Crippen LogP contribution in [-0.4, -0.2) is 19.3 Å². The Morgan fingerprint density at radius 2 is 1.45 bits per heavy atom. The van der Waals surface area contributed by atoms with Crippen molar-refractivity contribution in [2.24, 2.45) is 11.8 Å². The molecule has 0 N–H and O–H groups in total. The average Bonchev–Trinajstić information content (AvgIpc) is 2.97. The molecule has 38 heavy (non-hydrogen) atoms. The van der Waals surface area contributed by atoms with E-state index in [0.717, 1.165) is 17.7 Å². The van der Waals surface area contributed by atoms with Gasteiger partial charge in [0.25, 0.3) is 0 Å². The largest absolute Gasteiger partial charge is 0.491 e. The fourth-order valence-corrected chi connectivity index (χ4v) is 6.22. The SMILES string of the molecule is CC=CC1CCC(C2CCC(c3ccc(-c4ccc(-c5ccc(OCC)c(F)c5F)cc4)cc3)CC2)OC1. The lowest BCUT2D eigenvalue weighted by atomic mass is 9.75. The van der Waals surface area contributed by atoms with Gasteiger partial charge in [-0.2, -0.15) is 4.39 Å². The van der Waals surface area contributed by atoms with Crippen LogP contribution in [0, 0.1) is 23.5 Å². The van der Waals surface area contributed by atoms with Gasteiger partial charge in [0.1, 0.15) is 0 Å². The summed E-state index contributed by atoms with van der Waals surface area (Å²) in [5.74, 6) is 0.0278. The van der Waals surface area contributed by atoms with Gasteiger partial charge in [-0.25, -0.2) is 4.39 Å². The number of hydrogen-bond donors (Lipinski definition) is 0. The molecule has 2 unspecified atom stereocenters. The van der Waals surface area contributed by atoms with Crippen molar-refractivity contribution >= 4 is 0 Å². The molecule has 1 aliphatic carbocycles. The normalized spacial score (nSPS) is 24.0. The average molecular weight is 517 g/mol. The van der Waals surface area contributed by atoms with E-state index < -0.39 is 11.6 Å². The maximum Gasteiger partial charge on any atom is 0.201 e. The third-order valence-electron chi connectivity index (χ3n) is 8.37. The van der Waals surface area contributed by atoms with Gasteiger partial charge in [0.2, 0.25) is 5.82 Å². The van der Waals surface area contributed by atoms with E-state index in [2.05, 4.69) is 43.3 Å². The fourth-order valence-electron chi connectivity index (χ4n) is 6.22. The zero-order valence-electron chi connectivity index (χ0n) is 22.5. The summed E-state index contributed by atoms with van der Waals surface area (Å²) in [6.45, 7) is 5.00. The van der Waals surface area contributed by atoms with E-state index in [9.17, 15) is 8.78 Å². The monoisotopic (exact) mass is 516 g/mol. The maximum absolute atomic E-state index is 14.6. The van der Waals surface area contributed by atoms with Gasteiger partial charge in [-0.05, 0) is 98.6 Å². The molecule has 4 heteroatoms. The van der Waals surface area contributed by atoms with Crippen LogP contribution in [0.5, 0.6) is 5.75 Å². The van der Waals surface area contributed by atoms with Crippen molar-refractivity contribution in [3.05, 3.63) is 90.0 Å². The first kappa shape index (κ1) is 26.6. The molecule has 2 fully saturated rings. The molecule has 1 saturated heterocycles. The predicted octanol–water partition coefficient (Wildman–Crippen LogP) is 9.34. The van der Waals surface area contributed by atoms with Gasteiger partial charge < -0.3 is 9.47 Å². The highest BCUT2D eigenvalue weighted by atomic mass is 19.2. The summed E-state index contributed by atoms with van der Waals surface area (Å²) in [6, 6.07) is 19.6. The van der Waals surface area contributed by atoms with Gasteiger partial charge in [-0.1, -0.05) is 60.7 Å². The maximum atomic E-state index is 14.6. The van der Waals surface area contributed by atoms with Crippen LogP contribution in [0.3, 0.4) is 0 Å². The third kappa shape index (κ3) is 5.86.